The maximum Gasteiger partial charge on any atom is 0.193 e. The van der Waals surface area contributed by atoms with E-state index in [1.165, 1.54) is 0 Å². The zero-order valence-corrected chi connectivity index (χ0v) is 13.6. The molecule has 0 aliphatic rings. The molecule has 0 bridgehead atoms. The van der Waals surface area contributed by atoms with Crippen molar-refractivity contribution in [1.82, 2.24) is 0 Å². The lowest BCUT2D eigenvalue weighted by molar-refractivity contribution is 0.417. The highest BCUT2D eigenvalue weighted by Crippen LogP contribution is 2.22. The molecule has 0 heterocycles. The van der Waals surface area contributed by atoms with Crippen LogP contribution in [0.4, 0.5) is 5.69 Å². The van der Waals surface area contributed by atoms with Gasteiger partial charge in [-0.1, -0.05) is 30.3 Å². The quantitative estimate of drug-likeness (QED) is 0.622. The Balaban J connectivity index is 1.98. The predicted octanol–water partition coefficient (Wildman–Crippen LogP) is 1.90. The molecule has 0 amide bonds. The van der Waals surface area contributed by atoms with Gasteiger partial charge in [-0.25, -0.2) is 8.42 Å². The van der Waals surface area contributed by atoms with Crippen LogP contribution in [0.15, 0.2) is 64.5 Å². The monoisotopic (exact) mass is 333 g/mol. The number of aliphatic imine (C=N–C) groups is 1. The molecule has 0 spiro atoms. The van der Waals surface area contributed by atoms with Crippen molar-refractivity contribution >= 4 is 21.5 Å². The van der Waals surface area contributed by atoms with Gasteiger partial charge < -0.3 is 15.8 Å². The molecular formula is C16H19N3O3S. The van der Waals surface area contributed by atoms with Crippen molar-refractivity contribution in [3.05, 3.63) is 54.6 Å². The number of guanidine groups is 1. The second-order valence-corrected chi connectivity index (χ2v) is 6.83. The summed E-state index contributed by atoms with van der Waals surface area (Å²) >= 11 is 0. The van der Waals surface area contributed by atoms with E-state index in [1.54, 1.807) is 49.6 Å². The summed E-state index contributed by atoms with van der Waals surface area (Å²) < 4.78 is 29.4. The van der Waals surface area contributed by atoms with Crippen molar-refractivity contribution < 1.29 is 13.2 Å². The van der Waals surface area contributed by atoms with Crippen molar-refractivity contribution in [3.8, 4) is 5.75 Å². The molecule has 0 aromatic heterocycles. The van der Waals surface area contributed by atoms with Crippen LogP contribution in [-0.2, 0) is 9.84 Å². The number of benzene rings is 2. The van der Waals surface area contributed by atoms with Crippen LogP contribution in [0.2, 0.25) is 0 Å². The molecule has 2 rings (SSSR count). The Bertz CT molecular complexity index is 774. The molecule has 23 heavy (non-hydrogen) atoms. The van der Waals surface area contributed by atoms with Crippen LogP contribution in [0.3, 0.4) is 0 Å². The average molecular weight is 333 g/mol. The number of ether oxygens (including phenoxy) is 1. The van der Waals surface area contributed by atoms with E-state index in [0.29, 0.717) is 11.4 Å². The molecule has 0 saturated carbocycles. The summed E-state index contributed by atoms with van der Waals surface area (Å²) in [6.45, 7) is 0.0746. The fourth-order valence-electron chi connectivity index (χ4n) is 1.96. The van der Waals surface area contributed by atoms with Crippen LogP contribution in [0.1, 0.15) is 0 Å². The van der Waals surface area contributed by atoms with Gasteiger partial charge in [0.25, 0.3) is 0 Å². The van der Waals surface area contributed by atoms with Crippen molar-refractivity contribution in [1.29, 1.82) is 0 Å². The third kappa shape index (κ3) is 4.72. The van der Waals surface area contributed by atoms with Crippen LogP contribution in [0, 0.1) is 0 Å². The summed E-state index contributed by atoms with van der Waals surface area (Å²) in [5.74, 6) is 0.658. The number of methoxy groups -OCH3 is 1. The largest absolute Gasteiger partial charge is 0.495 e. The van der Waals surface area contributed by atoms with E-state index in [0.717, 1.165) is 0 Å². The number of nitrogens with zero attached hydrogens (tertiary/aromatic N) is 1. The molecule has 0 aliphatic heterocycles. The van der Waals surface area contributed by atoms with E-state index in [2.05, 4.69) is 10.3 Å². The highest BCUT2D eigenvalue weighted by Gasteiger charge is 2.13. The fraction of sp³-hybridized carbons (Fsp3) is 0.188. The minimum absolute atomic E-state index is 0.0746. The molecule has 122 valence electrons. The van der Waals surface area contributed by atoms with E-state index >= 15 is 0 Å². The fourth-order valence-corrected chi connectivity index (χ4v) is 3.10. The van der Waals surface area contributed by atoms with Crippen LogP contribution in [0.25, 0.3) is 0 Å². The zero-order chi connectivity index (χ0) is 16.7. The van der Waals surface area contributed by atoms with Crippen molar-refractivity contribution in [3.63, 3.8) is 0 Å². The van der Waals surface area contributed by atoms with Gasteiger partial charge in [-0.2, -0.15) is 0 Å². The molecule has 0 fully saturated rings. The molecular weight excluding hydrogens is 314 g/mol. The third-order valence-electron chi connectivity index (χ3n) is 3.11. The highest BCUT2D eigenvalue weighted by molar-refractivity contribution is 7.91. The average Bonchev–Trinajstić information content (AvgIpc) is 2.56. The lowest BCUT2D eigenvalue weighted by Crippen LogP contribution is -2.24. The normalized spacial score (nSPS) is 12.0. The van der Waals surface area contributed by atoms with Gasteiger partial charge in [0.05, 0.1) is 30.0 Å². The number of hydrogen-bond donors (Lipinski definition) is 2. The highest BCUT2D eigenvalue weighted by atomic mass is 32.2. The smallest absolute Gasteiger partial charge is 0.193 e. The molecule has 2 aromatic carbocycles. The number of nitrogens with one attached hydrogen (secondary N) is 1. The first kappa shape index (κ1) is 16.8. The Hall–Kier alpha value is -2.54. The molecule has 7 heteroatoms. The van der Waals surface area contributed by atoms with Gasteiger partial charge in [0.2, 0.25) is 0 Å². The van der Waals surface area contributed by atoms with Gasteiger partial charge >= 0.3 is 0 Å². The molecule has 3 N–H and O–H groups in total. The summed E-state index contributed by atoms with van der Waals surface area (Å²) in [5.41, 5.74) is 6.45. The van der Waals surface area contributed by atoms with Crippen LogP contribution in [-0.4, -0.2) is 33.8 Å². The lowest BCUT2D eigenvalue weighted by Gasteiger charge is -2.10. The Labute approximate surface area is 135 Å². The van der Waals surface area contributed by atoms with E-state index in [4.69, 9.17) is 10.5 Å². The van der Waals surface area contributed by atoms with Crippen molar-refractivity contribution in [2.45, 2.75) is 4.90 Å². The summed E-state index contributed by atoms with van der Waals surface area (Å²) in [6, 6.07) is 15.5. The second-order valence-electron chi connectivity index (χ2n) is 4.72. The van der Waals surface area contributed by atoms with Gasteiger partial charge in [-0.15, -0.1) is 0 Å². The molecule has 0 unspecified atom stereocenters. The SMILES string of the molecule is COc1ccccc1NC(N)=NCCS(=O)(=O)c1ccccc1. The summed E-state index contributed by atoms with van der Waals surface area (Å²) in [6.07, 6.45) is 0. The van der Waals surface area contributed by atoms with Crippen LogP contribution in [0.5, 0.6) is 5.75 Å². The van der Waals surface area contributed by atoms with Crippen molar-refractivity contribution in [2.75, 3.05) is 24.7 Å². The van der Waals surface area contributed by atoms with E-state index < -0.39 is 9.84 Å². The van der Waals surface area contributed by atoms with Crippen molar-refractivity contribution in [2.24, 2.45) is 10.7 Å². The van der Waals surface area contributed by atoms with Crippen LogP contribution >= 0.6 is 0 Å². The standard InChI is InChI=1S/C16H19N3O3S/c1-22-15-10-6-5-9-14(15)19-16(17)18-11-12-23(20,21)13-7-3-2-4-8-13/h2-10H,11-12H2,1H3,(H3,17,18,19). The molecule has 0 atom stereocenters. The lowest BCUT2D eigenvalue weighted by atomic mass is 10.3. The maximum absolute atomic E-state index is 12.1. The van der Waals surface area contributed by atoms with E-state index in [9.17, 15) is 8.42 Å². The summed E-state index contributed by atoms with van der Waals surface area (Å²) in [7, 11) is -1.80. The molecule has 0 aliphatic carbocycles. The number of sulfone groups is 1. The minimum Gasteiger partial charge on any atom is -0.495 e. The number of nitrogens with two attached hydrogens (primary N) is 1. The van der Waals surface area contributed by atoms with Gasteiger partial charge in [0, 0.05) is 0 Å². The maximum atomic E-state index is 12.1. The predicted molar refractivity (Wildman–Crippen MR) is 91.6 cm³/mol. The van der Waals surface area contributed by atoms with Gasteiger partial charge in [-0.05, 0) is 24.3 Å². The van der Waals surface area contributed by atoms with Gasteiger partial charge in [0.1, 0.15) is 5.75 Å². The summed E-state index contributed by atoms with van der Waals surface area (Å²) in [4.78, 5) is 4.34. The first-order chi connectivity index (χ1) is 11.0. The Morgan fingerprint density at radius 2 is 1.78 bits per heavy atom. The molecule has 2 aromatic rings. The topological polar surface area (TPSA) is 93.8 Å². The molecule has 0 saturated heterocycles. The second kappa shape index (κ2) is 7.64. The Morgan fingerprint density at radius 3 is 2.48 bits per heavy atom. The van der Waals surface area contributed by atoms with Crippen LogP contribution < -0.4 is 15.8 Å². The molecule has 6 nitrogen and oxygen atoms in total. The van der Waals surface area contributed by atoms with Gasteiger partial charge in [0.15, 0.2) is 15.8 Å². The Kier molecular flexibility index (Phi) is 5.59. The third-order valence-corrected chi connectivity index (χ3v) is 4.82. The minimum atomic E-state index is -3.36. The first-order valence-corrected chi connectivity index (χ1v) is 8.66. The molecule has 0 radical (unpaired) electrons. The van der Waals surface area contributed by atoms with E-state index in [1.807, 2.05) is 12.1 Å². The summed E-state index contributed by atoms with van der Waals surface area (Å²) in [5, 5.41) is 2.90. The number of para-hydroxylation sites is 2. The first-order valence-electron chi connectivity index (χ1n) is 7.01. The Morgan fingerprint density at radius 1 is 1.13 bits per heavy atom. The zero-order valence-electron chi connectivity index (χ0n) is 12.8. The number of rotatable bonds is 6. The number of anilines is 1. The van der Waals surface area contributed by atoms with Gasteiger partial charge in [-0.3, -0.25) is 4.99 Å². The van der Waals surface area contributed by atoms with E-state index in [-0.39, 0.29) is 23.2 Å². The number of hydrogen-bond acceptors (Lipinski definition) is 4.